The fourth-order valence-corrected chi connectivity index (χ4v) is 1.90. The molecule has 0 aliphatic heterocycles. The van der Waals surface area contributed by atoms with Crippen molar-refractivity contribution < 1.29 is 14.7 Å². The van der Waals surface area contributed by atoms with Crippen molar-refractivity contribution in [2.75, 3.05) is 0 Å². The zero-order chi connectivity index (χ0) is 13.7. The van der Waals surface area contributed by atoms with Gasteiger partial charge in [-0.1, -0.05) is 38.1 Å². The number of hydrogen-bond acceptors (Lipinski definition) is 2. The van der Waals surface area contributed by atoms with E-state index in [1.807, 2.05) is 12.1 Å². The van der Waals surface area contributed by atoms with Gasteiger partial charge in [0, 0.05) is 5.56 Å². The SMILES string of the molecule is CCC(C)c1ccc(C(=O)C(Cl)CC(=O)O)cc1. The number of alkyl halides is 1. The number of carboxylic acids is 1. The highest BCUT2D eigenvalue weighted by atomic mass is 35.5. The Labute approximate surface area is 112 Å². The quantitative estimate of drug-likeness (QED) is 0.635. The maximum absolute atomic E-state index is 11.8. The minimum absolute atomic E-state index is 0.338. The van der Waals surface area contributed by atoms with E-state index in [2.05, 4.69) is 13.8 Å². The second kappa shape index (κ2) is 6.55. The van der Waals surface area contributed by atoms with Crippen molar-refractivity contribution in [3.05, 3.63) is 35.4 Å². The molecular weight excluding hydrogens is 252 g/mol. The van der Waals surface area contributed by atoms with Gasteiger partial charge in [0.25, 0.3) is 0 Å². The first-order valence-corrected chi connectivity index (χ1v) is 6.39. The summed E-state index contributed by atoms with van der Waals surface area (Å²) in [6.45, 7) is 4.22. The normalized spacial score (nSPS) is 13.9. The molecule has 1 rings (SSSR count). The third-order valence-corrected chi connectivity index (χ3v) is 3.37. The smallest absolute Gasteiger partial charge is 0.305 e. The van der Waals surface area contributed by atoms with Crippen LogP contribution in [0.25, 0.3) is 0 Å². The molecule has 18 heavy (non-hydrogen) atoms. The molecule has 0 fully saturated rings. The molecule has 0 bridgehead atoms. The van der Waals surface area contributed by atoms with E-state index >= 15 is 0 Å². The van der Waals surface area contributed by atoms with Crippen LogP contribution >= 0.6 is 11.6 Å². The largest absolute Gasteiger partial charge is 0.481 e. The van der Waals surface area contributed by atoms with Crippen LogP contribution in [0.1, 0.15) is 48.5 Å². The molecule has 4 heteroatoms. The van der Waals surface area contributed by atoms with Crippen LogP contribution in [0.15, 0.2) is 24.3 Å². The van der Waals surface area contributed by atoms with E-state index in [9.17, 15) is 9.59 Å². The summed E-state index contributed by atoms with van der Waals surface area (Å²) < 4.78 is 0. The van der Waals surface area contributed by atoms with Gasteiger partial charge in [-0.25, -0.2) is 0 Å². The van der Waals surface area contributed by atoms with Gasteiger partial charge in [-0.2, -0.15) is 0 Å². The van der Waals surface area contributed by atoms with E-state index in [1.54, 1.807) is 12.1 Å². The van der Waals surface area contributed by atoms with Crippen molar-refractivity contribution in [1.82, 2.24) is 0 Å². The number of ketones is 1. The Hall–Kier alpha value is -1.35. The Morgan fingerprint density at radius 3 is 2.28 bits per heavy atom. The van der Waals surface area contributed by atoms with Crippen molar-refractivity contribution >= 4 is 23.4 Å². The van der Waals surface area contributed by atoms with E-state index < -0.39 is 11.3 Å². The number of Topliss-reactive ketones (excluding diaryl/α,β-unsaturated/α-hetero) is 1. The molecule has 0 aliphatic carbocycles. The molecule has 1 N–H and O–H groups in total. The molecule has 0 aromatic heterocycles. The molecule has 0 heterocycles. The van der Waals surface area contributed by atoms with Gasteiger partial charge in [0.2, 0.25) is 0 Å². The molecular formula is C14H17ClO3. The van der Waals surface area contributed by atoms with E-state index in [1.165, 1.54) is 5.56 Å². The van der Waals surface area contributed by atoms with Crippen LogP contribution in [-0.2, 0) is 4.79 Å². The number of hydrogen-bond donors (Lipinski definition) is 1. The van der Waals surface area contributed by atoms with Gasteiger partial charge in [0.05, 0.1) is 6.42 Å². The van der Waals surface area contributed by atoms with Gasteiger partial charge in [-0.05, 0) is 17.9 Å². The van der Waals surface area contributed by atoms with Crippen LogP contribution in [-0.4, -0.2) is 22.2 Å². The maximum Gasteiger partial charge on any atom is 0.305 e. The first kappa shape index (κ1) is 14.7. The molecule has 0 aliphatic rings. The lowest BCUT2D eigenvalue weighted by Gasteiger charge is -2.10. The van der Waals surface area contributed by atoms with Gasteiger partial charge >= 0.3 is 5.97 Å². The summed E-state index contributed by atoms with van der Waals surface area (Å²) in [4.78, 5) is 22.3. The van der Waals surface area contributed by atoms with Crippen LogP contribution in [0.2, 0.25) is 0 Å². The van der Waals surface area contributed by atoms with Gasteiger partial charge in [-0.15, -0.1) is 11.6 Å². The Bertz CT molecular complexity index is 425. The summed E-state index contributed by atoms with van der Waals surface area (Å²) in [5, 5.41) is 7.59. The summed E-state index contributed by atoms with van der Waals surface area (Å²) in [7, 11) is 0. The number of rotatable bonds is 6. The molecule has 2 unspecified atom stereocenters. The number of halogens is 1. The number of benzene rings is 1. The zero-order valence-electron chi connectivity index (χ0n) is 10.5. The fourth-order valence-electron chi connectivity index (χ4n) is 1.64. The average molecular weight is 269 g/mol. The predicted octanol–water partition coefficient (Wildman–Crippen LogP) is 3.46. The van der Waals surface area contributed by atoms with Gasteiger partial charge in [0.15, 0.2) is 5.78 Å². The average Bonchev–Trinajstić information content (AvgIpc) is 2.36. The second-order valence-corrected chi connectivity index (χ2v) is 4.89. The first-order valence-electron chi connectivity index (χ1n) is 5.95. The highest BCUT2D eigenvalue weighted by molar-refractivity contribution is 6.34. The van der Waals surface area contributed by atoms with Crippen molar-refractivity contribution in [2.45, 2.75) is 38.0 Å². The maximum atomic E-state index is 11.8. The molecule has 98 valence electrons. The first-order chi connectivity index (χ1) is 8.45. The molecule has 3 nitrogen and oxygen atoms in total. The van der Waals surface area contributed by atoms with Gasteiger partial charge in [-0.3, -0.25) is 9.59 Å². The third kappa shape index (κ3) is 3.84. The lowest BCUT2D eigenvalue weighted by Crippen LogP contribution is -2.18. The van der Waals surface area contributed by atoms with Crippen LogP contribution in [0.4, 0.5) is 0 Å². The molecule has 1 aromatic rings. The summed E-state index contributed by atoms with van der Waals surface area (Å²) in [5.41, 5.74) is 1.63. The summed E-state index contributed by atoms with van der Waals surface area (Å²) in [6.07, 6.45) is 0.679. The topological polar surface area (TPSA) is 54.4 Å². The highest BCUT2D eigenvalue weighted by Gasteiger charge is 2.20. The summed E-state index contributed by atoms with van der Waals surface area (Å²) in [5.74, 6) is -0.964. The minimum Gasteiger partial charge on any atom is -0.481 e. The summed E-state index contributed by atoms with van der Waals surface area (Å²) >= 11 is 5.76. The molecule has 2 atom stereocenters. The molecule has 1 aromatic carbocycles. The van der Waals surface area contributed by atoms with Crippen LogP contribution in [0.5, 0.6) is 0 Å². The van der Waals surface area contributed by atoms with Crippen LogP contribution in [0, 0.1) is 0 Å². The highest BCUT2D eigenvalue weighted by Crippen LogP contribution is 2.20. The standard InChI is InChI=1S/C14H17ClO3/c1-3-9(2)10-4-6-11(7-5-10)14(18)12(15)8-13(16)17/h4-7,9,12H,3,8H2,1-2H3,(H,16,17). The number of aliphatic carboxylic acids is 1. The Balaban J connectivity index is 2.78. The van der Waals surface area contributed by atoms with Crippen molar-refractivity contribution in [3.8, 4) is 0 Å². The monoisotopic (exact) mass is 268 g/mol. The molecule has 0 spiro atoms. The second-order valence-electron chi connectivity index (χ2n) is 4.36. The Morgan fingerprint density at radius 2 is 1.83 bits per heavy atom. The van der Waals surface area contributed by atoms with Gasteiger partial charge in [0.1, 0.15) is 5.38 Å². The zero-order valence-corrected chi connectivity index (χ0v) is 11.3. The Kier molecular flexibility index (Phi) is 5.35. The molecule has 0 saturated carbocycles. The number of carbonyl (C=O) groups excluding carboxylic acids is 1. The lowest BCUT2D eigenvalue weighted by molar-refractivity contribution is -0.136. The van der Waals surface area contributed by atoms with Crippen molar-refractivity contribution in [3.63, 3.8) is 0 Å². The predicted molar refractivity (Wildman–Crippen MR) is 71.4 cm³/mol. The Morgan fingerprint density at radius 1 is 1.28 bits per heavy atom. The van der Waals surface area contributed by atoms with Crippen molar-refractivity contribution in [1.29, 1.82) is 0 Å². The molecule has 0 saturated heterocycles. The van der Waals surface area contributed by atoms with Crippen LogP contribution in [0.3, 0.4) is 0 Å². The minimum atomic E-state index is -1.07. The van der Waals surface area contributed by atoms with E-state index in [0.717, 1.165) is 6.42 Å². The van der Waals surface area contributed by atoms with Gasteiger partial charge < -0.3 is 5.11 Å². The fraction of sp³-hybridized carbons (Fsp3) is 0.429. The van der Waals surface area contributed by atoms with E-state index in [4.69, 9.17) is 16.7 Å². The van der Waals surface area contributed by atoms with E-state index in [-0.39, 0.29) is 12.2 Å². The third-order valence-electron chi connectivity index (χ3n) is 3.01. The number of carbonyl (C=O) groups is 2. The summed E-state index contributed by atoms with van der Waals surface area (Å²) in [6, 6.07) is 7.21. The number of carboxylic acid groups (broad SMARTS) is 1. The van der Waals surface area contributed by atoms with E-state index in [0.29, 0.717) is 11.5 Å². The lowest BCUT2D eigenvalue weighted by atomic mass is 9.96. The molecule has 0 amide bonds. The van der Waals surface area contributed by atoms with Crippen LogP contribution < -0.4 is 0 Å². The van der Waals surface area contributed by atoms with Crippen molar-refractivity contribution in [2.24, 2.45) is 0 Å². The molecule has 0 radical (unpaired) electrons.